The molecule has 0 aliphatic heterocycles. The average Bonchev–Trinajstić information content (AvgIpc) is 2.96. The lowest BCUT2D eigenvalue weighted by Gasteiger charge is -2.09. The van der Waals surface area contributed by atoms with Gasteiger partial charge in [0.15, 0.2) is 4.96 Å². The Labute approximate surface area is 147 Å². The number of rotatable bonds is 4. The van der Waals surface area contributed by atoms with Crippen molar-refractivity contribution in [3.63, 3.8) is 0 Å². The van der Waals surface area contributed by atoms with E-state index in [0.29, 0.717) is 21.2 Å². The molecule has 7 heteroatoms. The molecular weight excluding hydrogens is 346 g/mol. The fraction of sp³-hybridized carbons (Fsp3) is 0.235. The number of anilines is 1. The minimum absolute atomic E-state index is 0.103. The van der Waals surface area contributed by atoms with E-state index in [1.807, 2.05) is 18.4 Å². The number of hydrogen-bond donors (Lipinski definition) is 1. The van der Waals surface area contributed by atoms with Crippen molar-refractivity contribution in [1.29, 1.82) is 0 Å². The van der Waals surface area contributed by atoms with Crippen LogP contribution in [0.2, 0.25) is 5.02 Å². The molecule has 1 amide bonds. The van der Waals surface area contributed by atoms with Gasteiger partial charge in [-0.15, -0.1) is 11.3 Å². The molecule has 0 aliphatic rings. The van der Waals surface area contributed by atoms with Gasteiger partial charge in [0.1, 0.15) is 5.69 Å². The Bertz CT molecular complexity index is 978. The molecule has 0 atom stereocenters. The van der Waals surface area contributed by atoms with Crippen molar-refractivity contribution < 1.29 is 4.79 Å². The molecule has 0 spiro atoms. The molecule has 5 nitrogen and oxygen atoms in total. The van der Waals surface area contributed by atoms with Crippen molar-refractivity contribution in [2.24, 2.45) is 0 Å². The van der Waals surface area contributed by atoms with E-state index >= 15 is 0 Å². The summed E-state index contributed by atoms with van der Waals surface area (Å²) in [6.07, 6.45) is 0.823. The lowest BCUT2D eigenvalue weighted by Crippen LogP contribution is -2.26. The van der Waals surface area contributed by atoms with Crippen LogP contribution in [0.4, 0.5) is 5.69 Å². The molecule has 3 rings (SSSR count). The number of aromatic nitrogens is 2. The first-order valence-corrected chi connectivity index (χ1v) is 8.80. The summed E-state index contributed by atoms with van der Waals surface area (Å²) in [5.74, 6) is -0.293. The predicted octanol–water partition coefficient (Wildman–Crippen LogP) is 3.46. The summed E-state index contributed by atoms with van der Waals surface area (Å²) in [6, 6.07) is 7.15. The quantitative estimate of drug-likeness (QED) is 0.774. The summed E-state index contributed by atoms with van der Waals surface area (Å²) in [5, 5.41) is 5.14. The summed E-state index contributed by atoms with van der Waals surface area (Å²) >= 11 is 7.50. The number of benzene rings is 1. The maximum atomic E-state index is 12.7. The van der Waals surface area contributed by atoms with Crippen molar-refractivity contribution in [2.45, 2.75) is 26.7 Å². The summed E-state index contributed by atoms with van der Waals surface area (Å²) in [7, 11) is 0. The topological polar surface area (TPSA) is 63.5 Å². The van der Waals surface area contributed by atoms with E-state index in [1.165, 1.54) is 11.3 Å². The smallest absolute Gasteiger partial charge is 0.282 e. The molecule has 0 fully saturated rings. The van der Waals surface area contributed by atoms with Gasteiger partial charge in [0.05, 0.1) is 12.1 Å². The highest BCUT2D eigenvalue weighted by molar-refractivity contribution is 7.15. The van der Waals surface area contributed by atoms with Crippen LogP contribution >= 0.6 is 22.9 Å². The zero-order chi connectivity index (χ0) is 17.3. The first kappa shape index (κ1) is 16.7. The number of fused-ring (bicyclic) bond motifs is 1. The highest BCUT2D eigenvalue weighted by Gasteiger charge is 2.16. The molecule has 2 heterocycles. The molecule has 0 saturated carbocycles. The van der Waals surface area contributed by atoms with E-state index in [1.54, 1.807) is 29.5 Å². The normalized spacial score (nSPS) is 11.0. The Balaban J connectivity index is 1.93. The molecule has 3 aromatic rings. The van der Waals surface area contributed by atoms with Crippen molar-refractivity contribution in [3.05, 3.63) is 62.0 Å². The minimum atomic E-state index is -0.293. The zero-order valence-electron chi connectivity index (χ0n) is 13.3. The van der Waals surface area contributed by atoms with Crippen LogP contribution in [0.15, 0.2) is 34.4 Å². The number of carbonyl (C=O) groups excluding carboxylic acids is 1. The number of amides is 1. The van der Waals surface area contributed by atoms with Gasteiger partial charge >= 0.3 is 0 Å². The van der Waals surface area contributed by atoms with E-state index in [9.17, 15) is 9.59 Å². The lowest BCUT2D eigenvalue weighted by atomic mass is 10.1. The second-order valence-corrected chi connectivity index (χ2v) is 6.64. The fourth-order valence-electron chi connectivity index (χ4n) is 2.49. The molecule has 0 saturated heterocycles. The summed E-state index contributed by atoms with van der Waals surface area (Å²) in [6.45, 7) is 3.70. The van der Waals surface area contributed by atoms with Gasteiger partial charge in [-0.2, -0.15) is 0 Å². The molecule has 1 N–H and O–H groups in total. The highest BCUT2D eigenvalue weighted by atomic mass is 35.5. The van der Waals surface area contributed by atoms with Gasteiger partial charge in [0.25, 0.3) is 5.56 Å². The largest absolute Gasteiger partial charge is 0.320 e. The fourth-order valence-corrected chi connectivity index (χ4v) is 3.70. The molecule has 2 aromatic heterocycles. The van der Waals surface area contributed by atoms with Gasteiger partial charge in [-0.1, -0.05) is 36.7 Å². The number of nitrogens with one attached hydrogen (secondary N) is 1. The molecule has 0 bridgehead atoms. The summed E-state index contributed by atoms with van der Waals surface area (Å²) in [5.41, 5.74) is 2.08. The second-order valence-electron chi connectivity index (χ2n) is 5.39. The van der Waals surface area contributed by atoms with Crippen molar-refractivity contribution in [3.8, 4) is 0 Å². The Morgan fingerprint density at radius 1 is 1.38 bits per heavy atom. The van der Waals surface area contributed by atoms with E-state index in [0.717, 1.165) is 12.1 Å². The van der Waals surface area contributed by atoms with Gasteiger partial charge < -0.3 is 5.32 Å². The standard InChI is InChI=1S/C17H16ClN3O2S/c1-3-12-9-24-17-19-10(2)15(16(23)21(12)17)20-14(22)8-11-6-4-5-7-13(11)18/h4-7,9H,3,8H2,1-2H3,(H,20,22). The van der Waals surface area contributed by atoms with Crippen molar-refractivity contribution in [1.82, 2.24) is 9.38 Å². The van der Waals surface area contributed by atoms with E-state index < -0.39 is 0 Å². The molecule has 124 valence electrons. The van der Waals surface area contributed by atoms with Crippen LogP contribution in [0.3, 0.4) is 0 Å². The summed E-state index contributed by atoms with van der Waals surface area (Å²) < 4.78 is 1.56. The van der Waals surface area contributed by atoms with Crippen LogP contribution in [-0.4, -0.2) is 15.3 Å². The Morgan fingerprint density at radius 2 is 2.12 bits per heavy atom. The Kier molecular flexibility index (Phi) is 4.69. The molecule has 0 aliphatic carbocycles. The van der Waals surface area contributed by atoms with Crippen LogP contribution in [0.5, 0.6) is 0 Å². The maximum absolute atomic E-state index is 12.7. The minimum Gasteiger partial charge on any atom is -0.320 e. The second kappa shape index (κ2) is 6.75. The highest BCUT2D eigenvalue weighted by Crippen LogP contribution is 2.18. The van der Waals surface area contributed by atoms with Crippen molar-refractivity contribution >= 4 is 39.5 Å². The van der Waals surface area contributed by atoms with Crippen LogP contribution in [0.1, 0.15) is 23.9 Å². The Hall–Kier alpha value is -2.18. The molecular formula is C17H16ClN3O2S. The van der Waals surface area contributed by atoms with Crippen LogP contribution in [0, 0.1) is 6.92 Å². The van der Waals surface area contributed by atoms with Gasteiger partial charge in [-0.3, -0.25) is 14.0 Å². The van der Waals surface area contributed by atoms with Crippen LogP contribution < -0.4 is 10.9 Å². The first-order chi connectivity index (χ1) is 11.5. The number of nitrogens with zero attached hydrogens (tertiary/aromatic N) is 2. The van der Waals surface area contributed by atoms with Gasteiger partial charge in [-0.05, 0) is 25.0 Å². The zero-order valence-corrected chi connectivity index (χ0v) is 14.9. The number of carbonyl (C=O) groups is 1. The monoisotopic (exact) mass is 361 g/mol. The first-order valence-electron chi connectivity index (χ1n) is 7.54. The van der Waals surface area contributed by atoms with Crippen LogP contribution in [-0.2, 0) is 17.6 Å². The predicted molar refractivity (Wildman–Crippen MR) is 97.2 cm³/mol. The van der Waals surface area contributed by atoms with Gasteiger partial charge in [-0.25, -0.2) is 4.98 Å². The third kappa shape index (κ3) is 3.07. The van der Waals surface area contributed by atoms with Crippen molar-refractivity contribution in [2.75, 3.05) is 5.32 Å². The summed E-state index contributed by atoms with van der Waals surface area (Å²) in [4.78, 5) is 30.1. The van der Waals surface area contributed by atoms with E-state index in [-0.39, 0.29) is 23.6 Å². The third-order valence-electron chi connectivity index (χ3n) is 3.76. The molecule has 0 radical (unpaired) electrons. The molecule has 1 aromatic carbocycles. The Morgan fingerprint density at radius 3 is 2.83 bits per heavy atom. The molecule has 0 unspecified atom stereocenters. The van der Waals surface area contributed by atoms with Gasteiger partial charge in [0, 0.05) is 16.1 Å². The molecule has 24 heavy (non-hydrogen) atoms. The van der Waals surface area contributed by atoms with Crippen LogP contribution in [0.25, 0.3) is 4.96 Å². The number of halogens is 1. The number of thiazole rings is 1. The van der Waals surface area contributed by atoms with E-state index in [4.69, 9.17) is 11.6 Å². The number of aryl methyl sites for hydroxylation is 2. The SMILES string of the molecule is CCc1csc2nc(C)c(NC(=O)Cc3ccccc3Cl)c(=O)n12. The van der Waals surface area contributed by atoms with Gasteiger partial charge in [0.2, 0.25) is 5.91 Å². The number of hydrogen-bond acceptors (Lipinski definition) is 4. The average molecular weight is 362 g/mol. The maximum Gasteiger partial charge on any atom is 0.282 e. The third-order valence-corrected chi connectivity index (χ3v) is 5.00. The lowest BCUT2D eigenvalue weighted by molar-refractivity contribution is -0.115. The van der Waals surface area contributed by atoms with E-state index in [2.05, 4.69) is 10.3 Å².